The molecule has 2 saturated carbocycles. The summed E-state index contributed by atoms with van der Waals surface area (Å²) in [7, 11) is 0. The van der Waals surface area contributed by atoms with Gasteiger partial charge in [0.15, 0.2) is 0 Å². The molecule has 0 bridgehead atoms. The molecule has 0 spiro atoms. The Morgan fingerprint density at radius 1 is 1.06 bits per heavy atom. The molecule has 3 nitrogen and oxygen atoms in total. The fourth-order valence-electron chi connectivity index (χ4n) is 3.34. The van der Waals surface area contributed by atoms with Crippen molar-refractivity contribution in [2.24, 2.45) is 11.1 Å². The number of carbonyl (C=O) groups is 1. The summed E-state index contributed by atoms with van der Waals surface area (Å²) in [5, 5.41) is 3.27. The van der Waals surface area contributed by atoms with Crippen LogP contribution >= 0.6 is 12.4 Å². The Morgan fingerprint density at radius 2 is 1.61 bits per heavy atom. The lowest BCUT2D eigenvalue weighted by Crippen LogP contribution is -2.47. The Balaban J connectivity index is 0.00000162. The number of hydrogen-bond acceptors (Lipinski definition) is 2. The highest BCUT2D eigenvalue weighted by molar-refractivity contribution is 5.85. The predicted molar refractivity (Wildman–Crippen MR) is 76.8 cm³/mol. The highest BCUT2D eigenvalue weighted by Crippen LogP contribution is 2.37. The summed E-state index contributed by atoms with van der Waals surface area (Å²) in [6.07, 6.45) is 11.8. The van der Waals surface area contributed by atoms with E-state index in [4.69, 9.17) is 5.73 Å². The lowest BCUT2D eigenvalue weighted by Gasteiger charge is -2.28. The summed E-state index contributed by atoms with van der Waals surface area (Å²) in [4.78, 5) is 12.4. The summed E-state index contributed by atoms with van der Waals surface area (Å²) in [5.41, 5.74) is 5.62. The first-order valence-electron chi connectivity index (χ1n) is 7.28. The average Bonchev–Trinajstić information content (AvgIpc) is 2.70. The van der Waals surface area contributed by atoms with Crippen molar-refractivity contribution >= 4 is 18.3 Å². The Hall–Kier alpha value is -0.280. The molecule has 2 fully saturated rings. The smallest absolute Gasteiger partial charge is 0.227 e. The second kappa shape index (κ2) is 7.34. The summed E-state index contributed by atoms with van der Waals surface area (Å²) in [5.74, 6) is 0.240. The van der Waals surface area contributed by atoms with E-state index in [2.05, 4.69) is 5.32 Å². The van der Waals surface area contributed by atoms with Crippen LogP contribution in [0.2, 0.25) is 0 Å². The predicted octanol–water partition coefficient (Wildman–Crippen LogP) is 2.77. The van der Waals surface area contributed by atoms with Gasteiger partial charge in [-0.05, 0) is 25.7 Å². The van der Waals surface area contributed by atoms with Crippen molar-refractivity contribution in [1.82, 2.24) is 5.32 Å². The van der Waals surface area contributed by atoms with Crippen molar-refractivity contribution in [3.8, 4) is 0 Å². The lowest BCUT2D eigenvalue weighted by atomic mass is 9.85. The van der Waals surface area contributed by atoms with Crippen LogP contribution in [-0.2, 0) is 4.79 Å². The van der Waals surface area contributed by atoms with Gasteiger partial charge in [-0.1, -0.05) is 38.5 Å². The standard InChI is InChI=1S/C14H26N2O.ClH/c15-11-14(9-5-6-10-14)13(17)16-12-7-3-1-2-4-8-12;/h12H,1-11,15H2,(H,16,17);1H. The van der Waals surface area contributed by atoms with E-state index in [0.717, 1.165) is 38.5 Å². The maximum absolute atomic E-state index is 12.4. The number of halogens is 1. The van der Waals surface area contributed by atoms with Crippen LogP contribution in [0.15, 0.2) is 0 Å². The van der Waals surface area contributed by atoms with E-state index < -0.39 is 0 Å². The van der Waals surface area contributed by atoms with Crippen molar-refractivity contribution in [3.63, 3.8) is 0 Å². The fraction of sp³-hybridized carbons (Fsp3) is 0.929. The minimum absolute atomic E-state index is 0. The number of amides is 1. The van der Waals surface area contributed by atoms with Gasteiger partial charge < -0.3 is 11.1 Å². The summed E-state index contributed by atoms with van der Waals surface area (Å²) in [6.45, 7) is 0.519. The van der Waals surface area contributed by atoms with Gasteiger partial charge in [0.2, 0.25) is 5.91 Å². The van der Waals surface area contributed by atoms with Gasteiger partial charge in [-0.25, -0.2) is 0 Å². The normalized spacial score (nSPS) is 24.1. The molecule has 0 saturated heterocycles. The Labute approximate surface area is 117 Å². The SMILES string of the molecule is Cl.NCC1(C(=O)NC2CCCCCC2)CCCC1. The van der Waals surface area contributed by atoms with Gasteiger partial charge in [-0.3, -0.25) is 4.79 Å². The van der Waals surface area contributed by atoms with E-state index in [0.29, 0.717) is 12.6 Å². The third kappa shape index (κ3) is 3.61. The van der Waals surface area contributed by atoms with Crippen LogP contribution in [0, 0.1) is 5.41 Å². The van der Waals surface area contributed by atoms with Crippen molar-refractivity contribution < 1.29 is 4.79 Å². The molecule has 2 aliphatic carbocycles. The van der Waals surface area contributed by atoms with Crippen LogP contribution in [-0.4, -0.2) is 18.5 Å². The van der Waals surface area contributed by atoms with Crippen LogP contribution in [0.25, 0.3) is 0 Å². The van der Waals surface area contributed by atoms with Crippen LogP contribution in [0.1, 0.15) is 64.2 Å². The molecule has 0 atom stereocenters. The van der Waals surface area contributed by atoms with Gasteiger partial charge in [0.1, 0.15) is 0 Å². The van der Waals surface area contributed by atoms with Crippen LogP contribution in [0.5, 0.6) is 0 Å². The zero-order chi connectivity index (χ0) is 12.1. The third-order valence-electron chi connectivity index (χ3n) is 4.62. The molecule has 0 radical (unpaired) electrons. The molecule has 0 aliphatic heterocycles. The zero-order valence-electron chi connectivity index (χ0n) is 11.2. The fourth-order valence-corrected chi connectivity index (χ4v) is 3.34. The highest BCUT2D eigenvalue weighted by Gasteiger charge is 2.40. The summed E-state index contributed by atoms with van der Waals surface area (Å²) in [6, 6.07) is 0.411. The second-order valence-electron chi connectivity index (χ2n) is 5.85. The van der Waals surface area contributed by atoms with Crippen molar-refractivity contribution in [3.05, 3.63) is 0 Å². The van der Waals surface area contributed by atoms with Crippen molar-refractivity contribution in [2.45, 2.75) is 70.3 Å². The quantitative estimate of drug-likeness (QED) is 0.778. The monoisotopic (exact) mass is 274 g/mol. The molecule has 0 aromatic rings. The highest BCUT2D eigenvalue weighted by atomic mass is 35.5. The molecule has 2 aliphatic rings. The number of rotatable bonds is 3. The van der Waals surface area contributed by atoms with Gasteiger partial charge in [-0.2, -0.15) is 0 Å². The van der Waals surface area contributed by atoms with E-state index in [1.807, 2.05) is 0 Å². The van der Waals surface area contributed by atoms with Crippen LogP contribution in [0.3, 0.4) is 0 Å². The van der Waals surface area contributed by atoms with Gasteiger partial charge in [0, 0.05) is 12.6 Å². The number of nitrogens with two attached hydrogens (primary N) is 1. The van der Waals surface area contributed by atoms with Crippen molar-refractivity contribution in [2.75, 3.05) is 6.54 Å². The van der Waals surface area contributed by atoms with Crippen LogP contribution in [0.4, 0.5) is 0 Å². The van der Waals surface area contributed by atoms with E-state index in [1.54, 1.807) is 0 Å². The number of carbonyl (C=O) groups excluding carboxylic acids is 1. The van der Waals surface area contributed by atoms with Gasteiger partial charge >= 0.3 is 0 Å². The molecule has 4 heteroatoms. The molecule has 0 aromatic carbocycles. The molecule has 3 N–H and O–H groups in total. The third-order valence-corrected chi connectivity index (χ3v) is 4.62. The first-order valence-corrected chi connectivity index (χ1v) is 7.28. The van der Waals surface area contributed by atoms with Crippen molar-refractivity contribution in [1.29, 1.82) is 0 Å². The van der Waals surface area contributed by atoms with E-state index in [9.17, 15) is 4.79 Å². The minimum atomic E-state index is -0.230. The molecule has 106 valence electrons. The maximum atomic E-state index is 12.4. The molecule has 18 heavy (non-hydrogen) atoms. The molecule has 0 unspecified atom stereocenters. The van der Waals surface area contributed by atoms with Gasteiger partial charge in [-0.15, -0.1) is 12.4 Å². The molecule has 0 aromatic heterocycles. The molecule has 0 heterocycles. The largest absolute Gasteiger partial charge is 0.353 e. The lowest BCUT2D eigenvalue weighted by molar-refractivity contribution is -0.131. The van der Waals surface area contributed by atoms with E-state index in [-0.39, 0.29) is 23.7 Å². The first-order chi connectivity index (χ1) is 8.27. The number of hydrogen-bond donors (Lipinski definition) is 2. The van der Waals surface area contributed by atoms with E-state index >= 15 is 0 Å². The Morgan fingerprint density at radius 3 is 2.11 bits per heavy atom. The molecule has 1 amide bonds. The Kier molecular flexibility index (Phi) is 6.44. The van der Waals surface area contributed by atoms with E-state index in [1.165, 1.54) is 25.7 Å². The van der Waals surface area contributed by atoms with Crippen LogP contribution < -0.4 is 11.1 Å². The average molecular weight is 275 g/mol. The zero-order valence-corrected chi connectivity index (χ0v) is 12.1. The Bertz CT molecular complexity index is 257. The summed E-state index contributed by atoms with van der Waals surface area (Å²) < 4.78 is 0. The molecular formula is C14H27ClN2O. The summed E-state index contributed by atoms with van der Waals surface area (Å²) >= 11 is 0. The van der Waals surface area contributed by atoms with Gasteiger partial charge in [0.25, 0.3) is 0 Å². The number of nitrogens with one attached hydrogen (secondary N) is 1. The first kappa shape index (κ1) is 15.8. The maximum Gasteiger partial charge on any atom is 0.227 e. The second-order valence-corrected chi connectivity index (χ2v) is 5.85. The van der Waals surface area contributed by atoms with Gasteiger partial charge in [0.05, 0.1) is 5.41 Å². The topological polar surface area (TPSA) is 55.1 Å². The molecular weight excluding hydrogens is 248 g/mol. The minimum Gasteiger partial charge on any atom is -0.353 e. The molecule has 2 rings (SSSR count).